The van der Waals surface area contributed by atoms with Gasteiger partial charge in [-0.15, -0.1) is 0 Å². The predicted octanol–water partition coefficient (Wildman–Crippen LogP) is 4.05. The number of hydrogen-bond acceptors (Lipinski definition) is 1. The van der Waals surface area contributed by atoms with E-state index < -0.39 is 0 Å². The number of nitrogens with one attached hydrogen (secondary N) is 1. The first kappa shape index (κ1) is 13.4. The third-order valence-electron chi connectivity index (χ3n) is 4.28. The lowest BCUT2D eigenvalue weighted by Gasteiger charge is -2.32. The maximum absolute atomic E-state index is 4.17. The van der Waals surface area contributed by atoms with Gasteiger partial charge in [0.15, 0.2) is 0 Å². The van der Waals surface area contributed by atoms with Gasteiger partial charge in [-0.05, 0) is 56.2 Å². The Morgan fingerprint density at radius 3 is 2.94 bits per heavy atom. The summed E-state index contributed by atoms with van der Waals surface area (Å²) in [6.07, 6.45) is 6.06. The second-order valence-corrected chi connectivity index (χ2v) is 5.40. The van der Waals surface area contributed by atoms with E-state index in [2.05, 4.69) is 50.1 Å². The Morgan fingerprint density at radius 2 is 2.22 bits per heavy atom. The van der Waals surface area contributed by atoms with E-state index in [-0.39, 0.29) is 0 Å². The fourth-order valence-corrected chi connectivity index (χ4v) is 3.11. The summed E-state index contributed by atoms with van der Waals surface area (Å²) in [6.45, 7) is 6.37. The van der Waals surface area contributed by atoms with Gasteiger partial charge >= 0.3 is 0 Å². The average molecular weight is 243 g/mol. The molecule has 0 amide bonds. The van der Waals surface area contributed by atoms with E-state index in [1.807, 2.05) is 0 Å². The molecule has 0 aliphatic heterocycles. The Kier molecular flexibility index (Phi) is 4.60. The summed E-state index contributed by atoms with van der Waals surface area (Å²) in [5.74, 6) is 0.656. The third-order valence-corrected chi connectivity index (χ3v) is 4.28. The van der Waals surface area contributed by atoms with Gasteiger partial charge in [0.25, 0.3) is 0 Å². The third kappa shape index (κ3) is 2.84. The molecule has 18 heavy (non-hydrogen) atoms. The van der Waals surface area contributed by atoms with Gasteiger partial charge in [-0.2, -0.15) is 0 Å². The van der Waals surface area contributed by atoms with Gasteiger partial charge in [0.05, 0.1) is 0 Å². The molecule has 2 rings (SSSR count). The first-order valence-corrected chi connectivity index (χ1v) is 7.18. The molecule has 1 N–H and O–H groups in total. The minimum atomic E-state index is 0.541. The summed E-state index contributed by atoms with van der Waals surface area (Å²) >= 11 is 0. The van der Waals surface area contributed by atoms with Gasteiger partial charge in [0.1, 0.15) is 0 Å². The zero-order valence-electron chi connectivity index (χ0n) is 11.7. The number of rotatable bonds is 5. The highest BCUT2D eigenvalue weighted by Crippen LogP contribution is 2.35. The van der Waals surface area contributed by atoms with E-state index in [0.717, 1.165) is 12.8 Å². The van der Waals surface area contributed by atoms with Gasteiger partial charge in [-0.3, -0.25) is 0 Å². The van der Waals surface area contributed by atoms with E-state index in [1.54, 1.807) is 11.1 Å². The second-order valence-electron chi connectivity index (χ2n) is 5.40. The van der Waals surface area contributed by atoms with Gasteiger partial charge in [-0.25, -0.2) is 0 Å². The van der Waals surface area contributed by atoms with Gasteiger partial charge in [0, 0.05) is 6.04 Å². The molecule has 0 fully saturated rings. The molecule has 0 bridgehead atoms. The zero-order valence-corrected chi connectivity index (χ0v) is 11.7. The van der Waals surface area contributed by atoms with Crippen LogP contribution in [0.3, 0.4) is 0 Å². The van der Waals surface area contributed by atoms with Crippen LogP contribution in [0, 0.1) is 0 Å². The van der Waals surface area contributed by atoms with Crippen molar-refractivity contribution in [1.29, 1.82) is 0 Å². The molecule has 1 heteroatoms. The number of benzene rings is 1. The molecule has 2 unspecified atom stereocenters. The van der Waals surface area contributed by atoms with Crippen LogP contribution in [-0.2, 0) is 6.42 Å². The number of aryl methyl sites for hydroxylation is 1. The van der Waals surface area contributed by atoms with Crippen molar-refractivity contribution in [3.63, 3.8) is 0 Å². The van der Waals surface area contributed by atoms with Gasteiger partial charge < -0.3 is 5.32 Å². The lowest BCUT2D eigenvalue weighted by molar-refractivity contribution is 0.408. The van der Waals surface area contributed by atoms with E-state index >= 15 is 0 Å². The van der Waals surface area contributed by atoms with Crippen LogP contribution in [0.5, 0.6) is 0 Å². The van der Waals surface area contributed by atoms with E-state index in [0.29, 0.717) is 12.0 Å². The fourth-order valence-electron chi connectivity index (χ4n) is 3.11. The highest BCUT2D eigenvalue weighted by molar-refractivity contribution is 5.34. The highest BCUT2D eigenvalue weighted by atomic mass is 14.9. The normalized spacial score (nSPS) is 20.2. The molecule has 98 valence electrons. The van der Waals surface area contributed by atoms with Crippen LogP contribution < -0.4 is 5.32 Å². The van der Waals surface area contributed by atoms with Crippen molar-refractivity contribution in [3.05, 3.63) is 47.5 Å². The molecule has 1 aliphatic rings. The van der Waals surface area contributed by atoms with Crippen molar-refractivity contribution in [2.75, 3.05) is 7.05 Å². The van der Waals surface area contributed by atoms with Crippen LogP contribution in [0.2, 0.25) is 0 Å². The Hall–Kier alpha value is -1.08. The predicted molar refractivity (Wildman–Crippen MR) is 79.0 cm³/mol. The Labute approximate surface area is 111 Å². The summed E-state index contributed by atoms with van der Waals surface area (Å²) in [5.41, 5.74) is 4.47. The molecule has 0 spiro atoms. The maximum Gasteiger partial charge on any atom is 0.0170 e. The monoisotopic (exact) mass is 243 g/mol. The standard InChI is InChI=1S/C17H25N/c1-4-13(2)12-17(18-3)16-11-7-9-14-8-5-6-10-15(14)16/h5-6,8,10,16-18H,2,4,7,9,11-12H2,1,3H3. The topological polar surface area (TPSA) is 12.0 Å². The van der Waals surface area contributed by atoms with E-state index in [1.165, 1.54) is 24.8 Å². The summed E-state index contributed by atoms with van der Waals surface area (Å²) in [5, 5.41) is 3.52. The molecule has 0 saturated carbocycles. The highest BCUT2D eigenvalue weighted by Gasteiger charge is 2.26. The van der Waals surface area contributed by atoms with Crippen molar-refractivity contribution < 1.29 is 0 Å². The lowest BCUT2D eigenvalue weighted by Crippen LogP contribution is -2.34. The quantitative estimate of drug-likeness (QED) is 0.769. The number of hydrogen-bond donors (Lipinski definition) is 1. The maximum atomic E-state index is 4.17. The number of likely N-dealkylation sites (N-methyl/N-ethyl adjacent to an activating group) is 1. The van der Waals surface area contributed by atoms with Gasteiger partial charge in [-0.1, -0.05) is 43.3 Å². The SMILES string of the molecule is C=C(CC)CC(NC)C1CCCc2ccccc21. The molecular weight excluding hydrogens is 218 g/mol. The summed E-state index contributed by atoms with van der Waals surface area (Å²) in [7, 11) is 2.09. The first-order chi connectivity index (χ1) is 8.76. The summed E-state index contributed by atoms with van der Waals surface area (Å²) in [4.78, 5) is 0. The van der Waals surface area contributed by atoms with Gasteiger partial charge in [0.2, 0.25) is 0 Å². The minimum absolute atomic E-state index is 0.541. The molecule has 2 atom stereocenters. The van der Waals surface area contributed by atoms with Crippen LogP contribution in [0.1, 0.15) is 49.7 Å². The van der Waals surface area contributed by atoms with Crippen LogP contribution in [0.4, 0.5) is 0 Å². The minimum Gasteiger partial charge on any atom is -0.316 e. The fraction of sp³-hybridized carbons (Fsp3) is 0.529. The number of fused-ring (bicyclic) bond motifs is 1. The molecule has 1 aromatic carbocycles. The zero-order chi connectivity index (χ0) is 13.0. The Morgan fingerprint density at radius 1 is 1.44 bits per heavy atom. The Balaban J connectivity index is 2.19. The van der Waals surface area contributed by atoms with Crippen LogP contribution in [0.25, 0.3) is 0 Å². The van der Waals surface area contributed by atoms with Crippen molar-refractivity contribution in [2.45, 2.75) is 51.0 Å². The summed E-state index contributed by atoms with van der Waals surface area (Å²) in [6, 6.07) is 9.50. The summed E-state index contributed by atoms with van der Waals surface area (Å²) < 4.78 is 0. The van der Waals surface area contributed by atoms with Crippen molar-refractivity contribution in [3.8, 4) is 0 Å². The average Bonchev–Trinajstić information content (AvgIpc) is 2.44. The molecule has 0 saturated heterocycles. The lowest BCUT2D eigenvalue weighted by atomic mass is 9.77. The molecule has 0 heterocycles. The molecule has 1 aromatic rings. The van der Waals surface area contributed by atoms with Crippen molar-refractivity contribution >= 4 is 0 Å². The van der Waals surface area contributed by atoms with Crippen LogP contribution in [-0.4, -0.2) is 13.1 Å². The first-order valence-electron chi connectivity index (χ1n) is 7.18. The largest absolute Gasteiger partial charge is 0.316 e. The van der Waals surface area contributed by atoms with Crippen molar-refractivity contribution in [1.82, 2.24) is 5.32 Å². The molecule has 0 aromatic heterocycles. The van der Waals surface area contributed by atoms with E-state index in [4.69, 9.17) is 0 Å². The smallest absolute Gasteiger partial charge is 0.0170 e. The molecule has 0 radical (unpaired) electrons. The molecule has 1 aliphatic carbocycles. The Bertz CT molecular complexity index is 408. The van der Waals surface area contributed by atoms with Crippen LogP contribution >= 0.6 is 0 Å². The molecular formula is C17H25N. The second kappa shape index (κ2) is 6.19. The van der Waals surface area contributed by atoms with Crippen LogP contribution in [0.15, 0.2) is 36.4 Å². The van der Waals surface area contributed by atoms with E-state index in [9.17, 15) is 0 Å². The van der Waals surface area contributed by atoms with Crippen molar-refractivity contribution in [2.24, 2.45) is 0 Å². The molecule has 1 nitrogen and oxygen atoms in total.